The van der Waals surface area contributed by atoms with Gasteiger partial charge in [-0.1, -0.05) is 133 Å². The van der Waals surface area contributed by atoms with Crippen molar-refractivity contribution in [2.75, 3.05) is 4.90 Å². The van der Waals surface area contributed by atoms with E-state index in [1.54, 1.807) is 40.1 Å². The van der Waals surface area contributed by atoms with Crippen molar-refractivity contribution in [3.8, 4) is 37.4 Å². The number of thiophene rings is 3. The quantitative estimate of drug-likeness (QED) is 0.0302. The summed E-state index contributed by atoms with van der Waals surface area (Å²) in [4.78, 5) is 37.7. The van der Waals surface area contributed by atoms with Crippen molar-refractivity contribution in [2.24, 2.45) is 0 Å². The molecule has 0 aliphatic carbocycles. The smallest absolute Gasteiger partial charge is 0.348 e. The van der Waals surface area contributed by atoms with Crippen LogP contribution >= 0.6 is 34.0 Å². The molecule has 0 atom stereocenters. The number of anilines is 3. The molecule has 3 aromatic heterocycles. The van der Waals surface area contributed by atoms with Gasteiger partial charge in [-0.3, -0.25) is 4.79 Å². The van der Waals surface area contributed by atoms with Gasteiger partial charge >= 0.3 is 11.9 Å². The van der Waals surface area contributed by atoms with Crippen LogP contribution < -0.4 is 4.90 Å². The Balaban J connectivity index is 0.920. The van der Waals surface area contributed by atoms with Gasteiger partial charge in [-0.2, -0.15) is 10.1 Å². The highest BCUT2D eigenvalue weighted by Gasteiger charge is 2.14. The van der Waals surface area contributed by atoms with E-state index in [1.807, 2.05) is 73.7 Å². The predicted molar refractivity (Wildman–Crippen MR) is 320 cm³/mol. The number of rotatable bonds is 18. The molecule has 9 aromatic rings. The molecule has 0 aliphatic heterocycles. The summed E-state index contributed by atoms with van der Waals surface area (Å²) in [6.45, 7) is 16.5. The Morgan fingerprint density at radius 1 is 0.494 bits per heavy atom. The number of carboxylic acids is 1. The number of carbonyl (C=O) groups is 2. The van der Waals surface area contributed by atoms with Crippen LogP contribution in [0.4, 0.5) is 17.1 Å². The summed E-state index contributed by atoms with van der Waals surface area (Å²) in [5, 5.41) is 18.3. The van der Waals surface area contributed by atoms with Crippen molar-refractivity contribution in [2.45, 2.75) is 6.92 Å². The molecule has 0 saturated carbocycles. The third-order valence-electron chi connectivity index (χ3n) is 12.0. The van der Waals surface area contributed by atoms with Gasteiger partial charge in [0.15, 0.2) is 5.70 Å². The van der Waals surface area contributed by atoms with Crippen molar-refractivity contribution in [1.82, 2.24) is 0 Å². The summed E-state index contributed by atoms with van der Waals surface area (Å²) in [7, 11) is 0. The van der Waals surface area contributed by atoms with Crippen LogP contribution in [0.2, 0.25) is 0 Å². The summed E-state index contributed by atoms with van der Waals surface area (Å²) in [5.74, 6) is -1.33. The zero-order chi connectivity index (χ0) is 53.5. The largest absolute Gasteiger partial charge is 0.477 e. The predicted octanol–water partition coefficient (Wildman–Crippen LogP) is 18.5. The van der Waals surface area contributed by atoms with E-state index in [4.69, 9.17) is 23.1 Å². The van der Waals surface area contributed by atoms with E-state index in [0.29, 0.717) is 11.3 Å². The van der Waals surface area contributed by atoms with Gasteiger partial charge in [-0.15, -0.1) is 34.0 Å². The molecule has 3 heterocycles. The lowest BCUT2D eigenvalue weighted by Gasteiger charge is -2.26. The fourth-order valence-electron chi connectivity index (χ4n) is 8.08. The lowest BCUT2D eigenvalue weighted by atomic mass is 10.1. The number of allylic oxidation sites excluding steroid dienone is 1. The van der Waals surface area contributed by atoms with Gasteiger partial charge in [0.1, 0.15) is 11.6 Å². The van der Waals surface area contributed by atoms with E-state index >= 15 is 0 Å². The van der Waals surface area contributed by atoms with Gasteiger partial charge in [-0.25, -0.2) is 9.64 Å². The van der Waals surface area contributed by atoms with Crippen molar-refractivity contribution in [1.29, 1.82) is 5.26 Å². The normalized spacial score (nSPS) is 11.9. The van der Waals surface area contributed by atoms with E-state index < -0.39 is 5.97 Å². The monoisotopic (exact) mass is 1050 g/mol. The number of aliphatic carboxylic acids is 1. The fraction of sp³-hybridized carbons (Fsp3) is 0.0152. The Morgan fingerprint density at radius 3 is 1.17 bits per heavy atom. The number of nitrogens with zero attached hydrogens (tertiary/aromatic N) is 4. The highest BCUT2D eigenvalue weighted by Crippen LogP contribution is 2.37. The van der Waals surface area contributed by atoms with E-state index in [9.17, 15) is 14.7 Å². The van der Waals surface area contributed by atoms with Gasteiger partial charge in [-0.05, 0) is 160 Å². The number of benzene rings is 6. The summed E-state index contributed by atoms with van der Waals surface area (Å²) in [5.41, 5.74) is 12.2. The van der Waals surface area contributed by atoms with Crippen LogP contribution in [0.25, 0.3) is 95.7 Å². The van der Waals surface area contributed by atoms with Crippen molar-refractivity contribution < 1.29 is 19.4 Å². The zero-order valence-corrected chi connectivity index (χ0v) is 43.7. The summed E-state index contributed by atoms with van der Waals surface area (Å²) < 4.78 is 4.72. The first kappa shape index (κ1) is 52.0. The second kappa shape index (κ2) is 24.9. The average molecular weight is 1050 g/mol. The molecule has 11 heteroatoms. The van der Waals surface area contributed by atoms with Gasteiger partial charge in [0, 0.05) is 46.3 Å². The molecule has 0 bridgehead atoms. The van der Waals surface area contributed by atoms with Crippen molar-refractivity contribution >= 4 is 118 Å². The summed E-state index contributed by atoms with van der Waals surface area (Å²) >= 11 is 5.07. The Morgan fingerprint density at radius 2 is 0.844 bits per heavy atom. The molecule has 6 aromatic carbocycles. The van der Waals surface area contributed by atoms with Crippen LogP contribution in [0.15, 0.2) is 199 Å². The molecule has 0 radical (unpaired) electrons. The number of hydrogen-bond donors (Lipinski definition) is 1. The number of carbonyl (C=O) groups excluding carboxylic acids is 1. The lowest BCUT2D eigenvalue weighted by Crippen LogP contribution is -2.09. The Kier molecular flexibility index (Phi) is 16.8. The van der Waals surface area contributed by atoms with Crippen LogP contribution in [-0.4, -0.2) is 17.5 Å². The molecular weight excluding hydrogens is 1010 g/mol. The third kappa shape index (κ3) is 13.6. The molecule has 8 nitrogen and oxygen atoms in total. The Bertz CT molecular complexity index is 3890. The Labute approximate surface area is 459 Å². The number of carboxylic acid groups (broad SMARTS) is 1. The number of ether oxygens (including phenoxy) is 1. The zero-order valence-electron chi connectivity index (χ0n) is 41.3. The molecular formula is C66H44N4O4S3. The average Bonchev–Trinajstić information content (AvgIpc) is 4.28. The minimum atomic E-state index is -1.25. The minimum Gasteiger partial charge on any atom is -0.477 e. The van der Waals surface area contributed by atoms with Crippen LogP contribution in [0.5, 0.6) is 0 Å². The molecule has 370 valence electrons. The van der Waals surface area contributed by atoms with Crippen LogP contribution in [0, 0.1) is 24.5 Å². The maximum atomic E-state index is 11.3. The first-order valence-electron chi connectivity index (χ1n) is 24.0. The van der Waals surface area contributed by atoms with E-state index in [2.05, 4.69) is 172 Å². The van der Waals surface area contributed by atoms with E-state index in [-0.39, 0.29) is 17.9 Å². The highest BCUT2D eigenvalue weighted by molar-refractivity contribution is 7.17. The van der Waals surface area contributed by atoms with Gasteiger partial charge in [0.05, 0.1) is 13.1 Å². The maximum Gasteiger partial charge on any atom is 0.348 e. The fourth-order valence-corrected chi connectivity index (χ4v) is 10.8. The maximum absolute atomic E-state index is 11.3. The summed E-state index contributed by atoms with van der Waals surface area (Å²) in [6, 6.07) is 63.5. The van der Waals surface area contributed by atoms with E-state index in [0.717, 1.165) is 86.0 Å². The molecule has 0 fully saturated rings. The molecule has 0 amide bonds. The van der Waals surface area contributed by atoms with Crippen LogP contribution in [-0.2, 0) is 14.3 Å². The van der Waals surface area contributed by atoms with Gasteiger partial charge in [0.25, 0.3) is 6.47 Å². The highest BCUT2D eigenvalue weighted by atomic mass is 32.1. The molecule has 77 heavy (non-hydrogen) atoms. The van der Waals surface area contributed by atoms with Gasteiger partial charge < -0.3 is 14.7 Å². The number of hydrogen-bond acceptors (Lipinski definition) is 8. The molecule has 0 saturated heterocycles. The molecule has 1 N–H and O–H groups in total. The molecule has 0 unspecified atom stereocenters. The van der Waals surface area contributed by atoms with Gasteiger partial charge in [0.2, 0.25) is 0 Å². The molecule has 0 spiro atoms. The lowest BCUT2D eigenvalue weighted by molar-refractivity contribution is -0.132. The second-order valence-electron chi connectivity index (χ2n) is 17.3. The number of nitriles is 1. The standard InChI is InChI=1S/C66H44N4O4S3/c1-45(68-2)40-49-4-19-52(20-5-49)62-37-34-59(75-62)31-16-46-10-25-56(26-11-46)70(57-27-12-47(13-28-57)17-32-60-35-38-63(76-60)53-21-6-50(7-22-53)41-55(43-67)66(72)73)58-29-14-48(15-30-58)18-33-61-36-39-64(77-61)54-23-8-51(9-24-54)42-65(69-3)74-44-71/h4-42,44H,1H3,(H,72,73)/b31-16+,32-17+,33-18+,45-40-,55-41+,65-42+. The SMILES string of the molecule is [C-]#[N+]/C(C)=C\c1ccc(-c2ccc(/C=C/c3ccc(N(c4ccc(/C=C/c5ccc(-c6ccc(/C=C(\[N+]#[C-])OC=O)cc6)s5)cc4)c4ccc(/C=C/c5ccc(-c6ccc(/C=C(\C#N)C(=O)O)cc6)s5)cc4)cc3)s2)cc1. The Hall–Kier alpha value is -9.93. The first-order chi connectivity index (χ1) is 37.6. The first-order valence-corrected chi connectivity index (χ1v) is 26.4. The van der Waals surface area contributed by atoms with Crippen molar-refractivity contribution in [3.63, 3.8) is 0 Å². The summed E-state index contributed by atoms with van der Waals surface area (Å²) in [6.07, 6.45) is 17.5. The molecule has 0 aliphatic rings. The van der Waals surface area contributed by atoms with Crippen molar-refractivity contribution in [3.05, 3.63) is 270 Å². The molecule has 9 rings (SSSR count). The minimum absolute atomic E-state index is 0.0802. The van der Waals surface area contributed by atoms with Crippen LogP contribution in [0.1, 0.15) is 54.9 Å². The van der Waals surface area contributed by atoms with Crippen LogP contribution in [0.3, 0.4) is 0 Å². The van der Waals surface area contributed by atoms with E-state index in [1.165, 1.54) is 17.0 Å². The third-order valence-corrected chi connectivity index (χ3v) is 15.3. The second-order valence-corrected chi connectivity index (χ2v) is 20.6. The topological polar surface area (TPSA) is 99.4 Å².